The molecule has 0 aliphatic carbocycles. The number of rotatable bonds is 2. The Kier molecular flexibility index (Phi) is 4.38. The van der Waals surface area contributed by atoms with Crippen molar-refractivity contribution in [2.24, 2.45) is 0 Å². The molecule has 18 heavy (non-hydrogen) atoms. The molecule has 2 amide bonds. The lowest BCUT2D eigenvalue weighted by Gasteiger charge is -2.26. The summed E-state index contributed by atoms with van der Waals surface area (Å²) in [4.78, 5) is 13.5. The topological polar surface area (TPSA) is 41.6 Å². The number of carbonyl (C=O) groups is 1. The first-order chi connectivity index (χ1) is 8.66. The lowest BCUT2D eigenvalue weighted by Crippen LogP contribution is -2.45. The van der Waals surface area contributed by atoms with Gasteiger partial charge in [0, 0.05) is 19.6 Å². The van der Waals surface area contributed by atoms with Gasteiger partial charge >= 0.3 is 6.03 Å². The van der Waals surface area contributed by atoms with E-state index in [1.165, 1.54) is 12.1 Å². The van der Waals surface area contributed by atoms with Crippen LogP contribution in [0, 0.1) is 5.82 Å². The molecule has 0 saturated carbocycles. The second-order valence-corrected chi connectivity index (χ2v) is 4.41. The molecule has 1 saturated heterocycles. The number of hydrogen-bond acceptors (Lipinski definition) is 2. The summed E-state index contributed by atoms with van der Waals surface area (Å²) in [6.07, 6.45) is 0. The number of nitrogens with one attached hydrogen (secondary N) is 1. The fourth-order valence-corrected chi connectivity index (χ4v) is 1.91. The van der Waals surface area contributed by atoms with Crippen LogP contribution in [-0.2, 0) is 11.3 Å². The molecular weight excluding hydrogens is 259 g/mol. The zero-order valence-corrected chi connectivity index (χ0v) is 10.5. The summed E-state index contributed by atoms with van der Waals surface area (Å²) in [7, 11) is 0. The maximum atomic E-state index is 12.9. The fourth-order valence-electron chi connectivity index (χ4n) is 1.71. The predicted molar refractivity (Wildman–Crippen MR) is 66.0 cm³/mol. The Bertz CT molecular complexity index is 436. The van der Waals surface area contributed by atoms with Crippen molar-refractivity contribution in [2.75, 3.05) is 26.3 Å². The zero-order valence-electron chi connectivity index (χ0n) is 9.79. The lowest BCUT2D eigenvalue weighted by atomic mass is 10.2. The minimum absolute atomic E-state index is 0.0631. The van der Waals surface area contributed by atoms with E-state index in [-0.39, 0.29) is 11.1 Å². The number of urea groups is 1. The largest absolute Gasteiger partial charge is 0.378 e. The number of carbonyl (C=O) groups excluding carboxylic acids is 1. The molecule has 98 valence electrons. The van der Waals surface area contributed by atoms with E-state index in [1.807, 2.05) is 0 Å². The summed E-state index contributed by atoms with van der Waals surface area (Å²) in [5, 5.41) is 2.83. The first-order valence-electron chi connectivity index (χ1n) is 5.71. The second-order valence-electron chi connectivity index (χ2n) is 4.01. The Morgan fingerprint density at radius 2 is 2.17 bits per heavy atom. The van der Waals surface area contributed by atoms with Gasteiger partial charge in [-0.1, -0.05) is 17.7 Å². The third-order valence-electron chi connectivity index (χ3n) is 2.73. The van der Waals surface area contributed by atoms with E-state index in [9.17, 15) is 9.18 Å². The van der Waals surface area contributed by atoms with Gasteiger partial charge in [-0.15, -0.1) is 0 Å². The molecule has 1 fully saturated rings. The summed E-state index contributed by atoms with van der Waals surface area (Å²) in [6, 6.07) is 4.26. The highest BCUT2D eigenvalue weighted by Crippen LogP contribution is 2.15. The first kappa shape index (κ1) is 13.1. The number of morpholine rings is 1. The van der Waals surface area contributed by atoms with Gasteiger partial charge in [0.2, 0.25) is 0 Å². The minimum Gasteiger partial charge on any atom is -0.378 e. The predicted octanol–water partition coefficient (Wildman–Crippen LogP) is 2.02. The first-order valence-corrected chi connectivity index (χ1v) is 6.09. The number of benzene rings is 1. The SMILES string of the molecule is O=C(NCc1ccc(F)c(Cl)c1)N1CCOCC1. The summed E-state index contributed by atoms with van der Waals surface area (Å²) >= 11 is 5.66. The molecule has 0 unspecified atom stereocenters. The maximum Gasteiger partial charge on any atom is 0.317 e. The molecule has 4 nitrogen and oxygen atoms in total. The van der Waals surface area contributed by atoms with E-state index in [0.29, 0.717) is 32.8 Å². The van der Waals surface area contributed by atoms with E-state index in [4.69, 9.17) is 16.3 Å². The average molecular weight is 273 g/mol. The van der Waals surface area contributed by atoms with Crippen molar-refractivity contribution >= 4 is 17.6 Å². The lowest BCUT2D eigenvalue weighted by molar-refractivity contribution is 0.0531. The maximum absolute atomic E-state index is 12.9. The molecule has 1 aromatic carbocycles. The molecule has 0 atom stereocenters. The van der Waals surface area contributed by atoms with Crippen molar-refractivity contribution in [3.8, 4) is 0 Å². The average Bonchev–Trinajstić information content (AvgIpc) is 2.41. The normalized spacial score (nSPS) is 15.6. The third kappa shape index (κ3) is 3.34. The van der Waals surface area contributed by atoms with Crippen molar-refractivity contribution in [1.29, 1.82) is 0 Å². The van der Waals surface area contributed by atoms with Gasteiger partial charge in [-0.2, -0.15) is 0 Å². The molecule has 6 heteroatoms. The van der Waals surface area contributed by atoms with Crippen molar-refractivity contribution in [3.63, 3.8) is 0 Å². The summed E-state index contributed by atoms with van der Waals surface area (Å²) in [5.74, 6) is -0.458. The molecule has 2 rings (SSSR count). The fraction of sp³-hybridized carbons (Fsp3) is 0.417. The Morgan fingerprint density at radius 1 is 1.44 bits per heavy atom. The van der Waals surface area contributed by atoms with Crippen LogP contribution in [0.4, 0.5) is 9.18 Å². The third-order valence-corrected chi connectivity index (χ3v) is 3.02. The van der Waals surface area contributed by atoms with Gasteiger partial charge in [-0.3, -0.25) is 0 Å². The van der Waals surface area contributed by atoms with Crippen LogP contribution in [0.15, 0.2) is 18.2 Å². The van der Waals surface area contributed by atoms with Crippen LogP contribution in [0.1, 0.15) is 5.56 Å². The number of ether oxygens (including phenoxy) is 1. The Hall–Kier alpha value is -1.33. The Morgan fingerprint density at radius 3 is 2.83 bits per heavy atom. The second kappa shape index (κ2) is 6.02. The van der Waals surface area contributed by atoms with Crippen molar-refractivity contribution in [1.82, 2.24) is 10.2 Å². The van der Waals surface area contributed by atoms with Crippen LogP contribution in [-0.4, -0.2) is 37.2 Å². The molecule has 0 bridgehead atoms. The van der Waals surface area contributed by atoms with Gasteiger partial charge in [0.1, 0.15) is 5.82 Å². The zero-order chi connectivity index (χ0) is 13.0. The van der Waals surface area contributed by atoms with Crippen LogP contribution >= 0.6 is 11.6 Å². The molecule has 1 heterocycles. The molecule has 1 aromatic rings. The molecule has 1 aliphatic heterocycles. The summed E-state index contributed by atoms with van der Waals surface area (Å²) in [5.41, 5.74) is 0.767. The molecule has 1 aliphatic rings. The van der Waals surface area contributed by atoms with Crippen LogP contribution in [0.5, 0.6) is 0 Å². The standard InChI is InChI=1S/C12H14ClFN2O2/c13-10-7-9(1-2-11(10)14)8-15-12(17)16-3-5-18-6-4-16/h1-2,7H,3-6,8H2,(H,15,17). The van der Waals surface area contributed by atoms with Crippen LogP contribution < -0.4 is 5.32 Å². The number of halogens is 2. The van der Waals surface area contributed by atoms with Gasteiger partial charge in [0.15, 0.2) is 0 Å². The molecular formula is C12H14ClFN2O2. The number of nitrogens with zero attached hydrogens (tertiary/aromatic N) is 1. The van der Waals surface area contributed by atoms with Crippen LogP contribution in [0.3, 0.4) is 0 Å². The molecule has 0 radical (unpaired) electrons. The van der Waals surface area contributed by atoms with Crippen LogP contribution in [0.25, 0.3) is 0 Å². The van der Waals surface area contributed by atoms with Gasteiger partial charge < -0.3 is 15.0 Å². The van der Waals surface area contributed by atoms with E-state index < -0.39 is 5.82 Å². The highest BCUT2D eigenvalue weighted by molar-refractivity contribution is 6.30. The summed E-state index contributed by atoms with van der Waals surface area (Å²) in [6.45, 7) is 2.65. The van der Waals surface area contributed by atoms with Gasteiger partial charge in [-0.05, 0) is 17.7 Å². The van der Waals surface area contributed by atoms with Gasteiger partial charge in [0.05, 0.1) is 18.2 Å². The Balaban J connectivity index is 1.86. The van der Waals surface area contributed by atoms with E-state index >= 15 is 0 Å². The van der Waals surface area contributed by atoms with E-state index in [0.717, 1.165) is 5.56 Å². The van der Waals surface area contributed by atoms with E-state index in [1.54, 1.807) is 11.0 Å². The minimum atomic E-state index is -0.458. The van der Waals surface area contributed by atoms with Gasteiger partial charge in [-0.25, -0.2) is 9.18 Å². The van der Waals surface area contributed by atoms with Crippen LogP contribution in [0.2, 0.25) is 5.02 Å². The molecule has 1 N–H and O–H groups in total. The number of hydrogen-bond donors (Lipinski definition) is 1. The van der Waals surface area contributed by atoms with Crippen molar-refractivity contribution in [3.05, 3.63) is 34.6 Å². The quantitative estimate of drug-likeness (QED) is 0.895. The van der Waals surface area contributed by atoms with E-state index in [2.05, 4.69) is 5.32 Å². The van der Waals surface area contributed by atoms with Crippen molar-refractivity contribution < 1.29 is 13.9 Å². The number of amides is 2. The van der Waals surface area contributed by atoms with Crippen molar-refractivity contribution in [2.45, 2.75) is 6.54 Å². The highest BCUT2D eigenvalue weighted by atomic mass is 35.5. The highest BCUT2D eigenvalue weighted by Gasteiger charge is 2.16. The smallest absolute Gasteiger partial charge is 0.317 e. The molecule has 0 spiro atoms. The van der Waals surface area contributed by atoms with Gasteiger partial charge in [0.25, 0.3) is 0 Å². The molecule has 0 aromatic heterocycles. The monoisotopic (exact) mass is 272 g/mol. The summed E-state index contributed by atoms with van der Waals surface area (Å²) < 4.78 is 18.1. The Labute approximate surface area is 110 Å².